The number of nitrogens with one attached hydrogen (secondary N) is 1. The van der Waals surface area contributed by atoms with E-state index in [4.69, 9.17) is 9.47 Å². The molecule has 1 aliphatic rings. The maximum atomic E-state index is 12.6. The smallest absolute Gasteiger partial charge is 0.240 e. The van der Waals surface area contributed by atoms with Gasteiger partial charge in [-0.15, -0.1) is 0 Å². The fourth-order valence-electron chi connectivity index (χ4n) is 2.53. The maximum absolute atomic E-state index is 12.6. The standard InChI is InChI=1S/C16H20N2O4S2/c1-18(2)14(12-5-8-23-11-12)10-17-24(19,20)13-3-4-15-16(9-13)22-7-6-21-15/h3-5,8-9,11,14,17H,6-7,10H2,1-2H3/t14-/m0/s1. The number of sulfonamides is 1. The number of benzene rings is 1. The highest BCUT2D eigenvalue weighted by Gasteiger charge is 2.22. The van der Waals surface area contributed by atoms with E-state index in [0.717, 1.165) is 5.56 Å². The molecule has 0 bridgehead atoms. The van der Waals surface area contributed by atoms with Crippen LogP contribution in [0.25, 0.3) is 0 Å². The maximum Gasteiger partial charge on any atom is 0.240 e. The first-order valence-corrected chi connectivity index (χ1v) is 9.98. The first-order chi connectivity index (χ1) is 11.5. The zero-order valence-corrected chi connectivity index (χ0v) is 15.2. The van der Waals surface area contributed by atoms with Crippen molar-refractivity contribution in [1.82, 2.24) is 9.62 Å². The molecule has 1 atom stereocenters. The van der Waals surface area contributed by atoms with Crippen LogP contribution in [0, 0.1) is 0 Å². The molecule has 1 N–H and O–H groups in total. The molecule has 0 radical (unpaired) electrons. The Balaban J connectivity index is 1.76. The molecule has 1 aromatic heterocycles. The summed E-state index contributed by atoms with van der Waals surface area (Å²) in [4.78, 5) is 2.17. The number of thiophene rings is 1. The van der Waals surface area contributed by atoms with Crippen molar-refractivity contribution in [3.8, 4) is 11.5 Å². The van der Waals surface area contributed by atoms with Crippen LogP contribution in [-0.4, -0.2) is 47.2 Å². The molecule has 2 heterocycles. The third-order valence-corrected chi connectivity index (χ3v) is 5.96. The van der Waals surface area contributed by atoms with Crippen molar-refractivity contribution < 1.29 is 17.9 Å². The van der Waals surface area contributed by atoms with Crippen LogP contribution in [0.3, 0.4) is 0 Å². The summed E-state index contributed by atoms with van der Waals surface area (Å²) in [5.41, 5.74) is 1.09. The van der Waals surface area contributed by atoms with Gasteiger partial charge in [0, 0.05) is 18.7 Å². The van der Waals surface area contributed by atoms with Gasteiger partial charge in [-0.3, -0.25) is 0 Å². The van der Waals surface area contributed by atoms with Crippen molar-refractivity contribution in [2.45, 2.75) is 10.9 Å². The lowest BCUT2D eigenvalue weighted by molar-refractivity contribution is 0.171. The van der Waals surface area contributed by atoms with E-state index in [9.17, 15) is 8.42 Å². The zero-order chi connectivity index (χ0) is 17.2. The Hall–Kier alpha value is -1.61. The van der Waals surface area contributed by atoms with Crippen LogP contribution in [0.1, 0.15) is 11.6 Å². The van der Waals surface area contributed by atoms with E-state index in [0.29, 0.717) is 31.3 Å². The monoisotopic (exact) mass is 368 g/mol. The van der Waals surface area contributed by atoms with E-state index >= 15 is 0 Å². The molecule has 1 aliphatic heterocycles. The molecule has 24 heavy (non-hydrogen) atoms. The van der Waals surface area contributed by atoms with Gasteiger partial charge in [0.05, 0.1) is 4.90 Å². The SMILES string of the molecule is CN(C)[C@@H](CNS(=O)(=O)c1ccc2c(c1)OCCO2)c1ccsc1. The molecule has 0 spiro atoms. The normalized spacial score (nSPS) is 15.5. The molecule has 0 aliphatic carbocycles. The lowest BCUT2D eigenvalue weighted by Gasteiger charge is -2.24. The topological polar surface area (TPSA) is 67.9 Å². The fraction of sp³-hybridized carbons (Fsp3) is 0.375. The number of hydrogen-bond acceptors (Lipinski definition) is 6. The van der Waals surface area contributed by atoms with Gasteiger partial charge in [0.1, 0.15) is 13.2 Å². The van der Waals surface area contributed by atoms with E-state index in [2.05, 4.69) is 4.72 Å². The summed E-state index contributed by atoms with van der Waals surface area (Å²) in [6.07, 6.45) is 0. The quantitative estimate of drug-likeness (QED) is 0.846. The van der Waals surface area contributed by atoms with E-state index < -0.39 is 10.0 Å². The van der Waals surface area contributed by atoms with Gasteiger partial charge in [-0.25, -0.2) is 13.1 Å². The third kappa shape index (κ3) is 3.72. The largest absolute Gasteiger partial charge is 0.486 e. The Morgan fingerprint density at radius 1 is 1.21 bits per heavy atom. The van der Waals surface area contributed by atoms with Gasteiger partial charge in [0.25, 0.3) is 0 Å². The molecule has 0 unspecified atom stereocenters. The Morgan fingerprint density at radius 3 is 2.62 bits per heavy atom. The minimum atomic E-state index is -3.62. The van der Waals surface area contributed by atoms with Gasteiger partial charge in [0.15, 0.2) is 11.5 Å². The summed E-state index contributed by atoms with van der Waals surface area (Å²) < 4.78 is 38.8. The molecular weight excluding hydrogens is 348 g/mol. The Bertz CT molecular complexity index is 788. The van der Waals surface area contributed by atoms with Crippen LogP contribution >= 0.6 is 11.3 Å². The van der Waals surface area contributed by atoms with Crippen LogP contribution in [0.2, 0.25) is 0 Å². The van der Waals surface area contributed by atoms with Crippen molar-refractivity contribution in [3.63, 3.8) is 0 Å². The molecule has 3 rings (SSSR count). The van der Waals surface area contributed by atoms with Gasteiger partial charge in [-0.05, 0) is 48.6 Å². The van der Waals surface area contributed by atoms with E-state index in [-0.39, 0.29) is 10.9 Å². The van der Waals surface area contributed by atoms with Gasteiger partial charge in [-0.1, -0.05) is 0 Å². The predicted molar refractivity (Wildman–Crippen MR) is 93.4 cm³/mol. The summed E-state index contributed by atoms with van der Waals surface area (Å²) in [6.45, 7) is 1.19. The molecule has 6 nitrogen and oxygen atoms in total. The molecule has 0 saturated carbocycles. The van der Waals surface area contributed by atoms with Crippen LogP contribution in [0.4, 0.5) is 0 Å². The molecule has 0 fully saturated rings. The minimum absolute atomic E-state index is 0.0248. The molecule has 8 heteroatoms. The summed E-state index contributed by atoms with van der Waals surface area (Å²) in [7, 11) is 0.240. The number of rotatable bonds is 6. The molecule has 130 valence electrons. The highest BCUT2D eigenvalue weighted by Crippen LogP contribution is 2.32. The van der Waals surface area contributed by atoms with Gasteiger partial charge in [0.2, 0.25) is 10.0 Å². The first-order valence-electron chi connectivity index (χ1n) is 7.55. The lowest BCUT2D eigenvalue weighted by atomic mass is 10.1. The fourth-order valence-corrected chi connectivity index (χ4v) is 4.29. The lowest BCUT2D eigenvalue weighted by Crippen LogP contribution is -2.34. The minimum Gasteiger partial charge on any atom is -0.486 e. The first kappa shape index (κ1) is 17.2. The number of ether oxygens (including phenoxy) is 2. The second kappa shape index (κ2) is 7.10. The van der Waals surface area contributed by atoms with Gasteiger partial charge >= 0.3 is 0 Å². The Labute approximate surface area is 146 Å². The van der Waals surface area contributed by atoms with E-state index in [1.54, 1.807) is 17.4 Å². The average molecular weight is 368 g/mol. The van der Waals surface area contributed by atoms with E-state index in [1.807, 2.05) is 35.8 Å². The van der Waals surface area contributed by atoms with Crippen molar-refractivity contribution in [2.75, 3.05) is 33.9 Å². The third-order valence-electron chi connectivity index (χ3n) is 3.84. The van der Waals surface area contributed by atoms with Gasteiger partial charge in [-0.2, -0.15) is 11.3 Å². The summed E-state index contributed by atoms with van der Waals surface area (Å²) in [6, 6.07) is 6.65. The second-order valence-corrected chi connectivity index (χ2v) is 8.24. The average Bonchev–Trinajstić information content (AvgIpc) is 3.08. The highest BCUT2D eigenvalue weighted by molar-refractivity contribution is 7.89. The van der Waals surface area contributed by atoms with Crippen LogP contribution in [0.15, 0.2) is 39.9 Å². The van der Waals surface area contributed by atoms with Crippen LogP contribution in [0.5, 0.6) is 11.5 Å². The van der Waals surface area contributed by atoms with Crippen LogP contribution < -0.4 is 14.2 Å². The molecule has 0 amide bonds. The van der Waals surface area contributed by atoms with Crippen molar-refractivity contribution in [1.29, 1.82) is 0 Å². The number of nitrogens with zero attached hydrogens (tertiary/aromatic N) is 1. The summed E-state index contributed by atoms with van der Waals surface area (Å²) in [5, 5.41) is 4.02. The predicted octanol–water partition coefficient (Wildman–Crippen LogP) is 2.10. The molecule has 1 aromatic carbocycles. The van der Waals surface area contributed by atoms with Crippen molar-refractivity contribution in [2.24, 2.45) is 0 Å². The number of fused-ring (bicyclic) bond motifs is 1. The summed E-state index contributed by atoms with van der Waals surface area (Å²) >= 11 is 1.60. The van der Waals surface area contributed by atoms with E-state index in [1.165, 1.54) is 12.1 Å². The van der Waals surface area contributed by atoms with Crippen molar-refractivity contribution in [3.05, 3.63) is 40.6 Å². The van der Waals surface area contributed by atoms with Crippen LogP contribution in [-0.2, 0) is 10.0 Å². The van der Waals surface area contributed by atoms with Crippen molar-refractivity contribution >= 4 is 21.4 Å². The molecule has 0 saturated heterocycles. The molecular formula is C16H20N2O4S2. The Kier molecular flexibility index (Phi) is 5.09. The second-order valence-electron chi connectivity index (χ2n) is 5.69. The van der Waals surface area contributed by atoms with Gasteiger partial charge < -0.3 is 14.4 Å². The molecule has 2 aromatic rings. The number of likely N-dealkylation sites (N-methyl/N-ethyl adjacent to an activating group) is 1. The number of hydrogen-bond donors (Lipinski definition) is 1. The highest BCUT2D eigenvalue weighted by atomic mass is 32.2. The Morgan fingerprint density at radius 2 is 1.96 bits per heavy atom. The summed E-state index contributed by atoms with van der Waals surface area (Å²) in [5.74, 6) is 1.04. The zero-order valence-electron chi connectivity index (χ0n) is 13.6.